The number of ketones is 1. The molecule has 5 rings (SSSR count). The smallest absolute Gasteiger partial charge is 0.211 e. The number of hydrogen-bond donors (Lipinski definition) is 0. The van der Waals surface area contributed by atoms with Gasteiger partial charge >= 0.3 is 0 Å². The molecule has 0 unspecified atom stereocenters. The second kappa shape index (κ2) is 8.61. The number of para-hydroxylation sites is 1. The van der Waals surface area contributed by atoms with Crippen molar-refractivity contribution in [2.45, 2.75) is 33.4 Å². The molecule has 3 aromatic heterocycles. The maximum absolute atomic E-state index is 13.9. The predicted octanol–water partition coefficient (Wildman–Crippen LogP) is 4.94. The van der Waals surface area contributed by atoms with Gasteiger partial charge in [-0.05, 0) is 36.9 Å². The summed E-state index contributed by atoms with van der Waals surface area (Å²) in [6.07, 6.45) is 0.992. The van der Waals surface area contributed by atoms with Crippen molar-refractivity contribution in [3.05, 3.63) is 58.7 Å². The molecular formula is C25H29N3O2S. The van der Waals surface area contributed by atoms with E-state index in [-0.39, 0.29) is 5.78 Å². The predicted molar refractivity (Wildman–Crippen MR) is 127 cm³/mol. The highest BCUT2D eigenvalue weighted by Crippen LogP contribution is 2.33. The summed E-state index contributed by atoms with van der Waals surface area (Å²) in [5.74, 6) is 0.135. The summed E-state index contributed by atoms with van der Waals surface area (Å²) >= 11 is 1.73. The van der Waals surface area contributed by atoms with Gasteiger partial charge in [-0.2, -0.15) is 0 Å². The molecule has 0 amide bonds. The van der Waals surface area contributed by atoms with Crippen LogP contribution in [0.2, 0.25) is 0 Å². The van der Waals surface area contributed by atoms with Crippen LogP contribution < -0.4 is 0 Å². The lowest BCUT2D eigenvalue weighted by atomic mass is 10.1. The molecule has 0 saturated carbocycles. The highest BCUT2D eigenvalue weighted by atomic mass is 32.1. The first-order valence-electron chi connectivity index (χ1n) is 11.2. The van der Waals surface area contributed by atoms with Crippen molar-refractivity contribution >= 4 is 38.2 Å². The van der Waals surface area contributed by atoms with Crippen LogP contribution in [-0.4, -0.2) is 52.7 Å². The number of hydrogen-bond acceptors (Lipinski definition) is 4. The van der Waals surface area contributed by atoms with Crippen molar-refractivity contribution in [2.24, 2.45) is 0 Å². The number of benzene rings is 1. The van der Waals surface area contributed by atoms with Crippen LogP contribution >= 0.6 is 11.3 Å². The molecule has 0 atom stereocenters. The molecular weight excluding hydrogens is 406 g/mol. The minimum Gasteiger partial charge on any atom is -0.379 e. The molecule has 4 aromatic rings. The number of morpholine rings is 1. The van der Waals surface area contributed by atoms with E-state index in [0.717, 1.165) is 85.6 Å². The third-order valence-corrected chi connectivity index (χ3v) is 7.32. The molecule has 0 N–H and O–H groups in total. The van der Waals surface area contributed by atoms with Gasteiger partial charge in [-0.25, -0.2) is 0 Å². The number of nitrogens with zero attached hydrogens (tertiary/aromatic N) is 3. The molecule has 0 bridgehead atoms. The zero-order valence-electron chi connectivity index (χ0n) is 18.3. The quantitative estimate of drug-likeness (QED) is 0.386. The summed E-state index contributed by atoms with van der Waals surface area (Å²) in [6, 6.07) is 12.5. The second-order valence-corrected chi connectivity index (χ2v) is 9.17. The summed E-state index contributed by atoms with van der Waals surface area (Å²) < 4.78 is 10.0. The van der Waals surface area contributed by atoms with Gasteiger partial charge in [0.25, 0.3) is 0 Å². The Morgan fingerprint density at radius 3 is 2.68 bits per heavy atom. The molecule has 1 aliphatic rings. The van der Waals surface area contributed by atoms with E-state index in [0.29, 0.717) is 0 Å². The Kier molecular flexibility index (Phi) is 5.69. The minimum atomic E-state index is 0.135. The molecule has 1 aliphatic heterocycles. The first-order valence-corrected chi connectivity index (χ1v) is 12.1. The average Bonchev–Trinajstić information content (AvgIpc) is 3.46. The molecule has 4 heterocycles. The Hall–Kier alpha value is -2.41. The van der Waals surface area contributed by atoms with Crippen molar-refractivity contribution in [3.8, 4) is 0 Å². The number of aromatic nitrogens is 2. The summed E-state index contributed by atoms with van der Waals surface area (Å²) in [5, 5.41) is 4.32. The van der Waals surface area contributed by atoms with Crippen LogP contribution in [0.3, 0.4) is 0 Å². The van der Waals surface area contributed by atoms with Crippen LogP contribution in [0.1, 0.15) is 35.1 Å². The van der Waals surface area contributed by atoms with Crippen molar-refractivity contribution in [3.63, 3.8) is 0 Å². The summed E-state index contributed by atoms with van der Waals surface area (Å²) in [6.45, 7) is 10.6. The Balaban J connectivity index is 1.54. The maximum Gasteiger partial charge on any atom is 0.211 e. The molecule has 6 heteroatoms. The first kappa shape index (κ1) is 20.5. The zero-order chi connectivity index (χ0) is 21.4. The van der Waals surface area contributed by atoms with Gasteiger partial charge in [-0.1, -0.05) is 25.1 Å². The third-order valence-electron chi connectivity index (χ3n) is 6.39. The molecule has 0 radical (unpaired) electrons. The summed E-state index contributed by atoms with van der Waals surface area (Å²) in [4.78, 5) is 17.6. The van der Waals surface area contributed by atoms with E-state index >= 15 is 0 Å². The van der Waals surface area contributed by atoms with Crippen LogP contribution in [0.5, 0.6) is 0 Å². The monoisotopic (exact) mass is 435 g/mol. The van der Waals surface area contributed by atoms with E-state index in [1.54, 1.807) is 11.3 Å². The molecule has 1 aromatic carbocycles. The van der Waals surface area contributed by atoms with Gasteiger partial charge in [-0.3, -0.25) is 9.69 Å². The van der Waals surface area contributed by atoms with Crippen LogP contribution in [0.15, 0.2) is 41.8 Å². The summed E-state index contributed by atoms with van der Waals surface area (Å²) in [5.41, 5.74) is 3.87. The Bertz CT molecular complexity index is 1230. The number of fused-ring (bicyclic) bond motifs is 2. The highest BCUT2D eigenvalue weighted by Gasteiger charge is 2.25. The lowest BCUT2D eigenvalue weighted by molar-refractivity contribution is 0.0365. The van der Waals surface area contributed by atoms with E-state index in [1.165, 1.54) is 4.83 Å². The van der Waals surface area contributed by atoms with Gasteiger partial charge in [0.2, 0.25) is 5.78 Å². The third kappa shape index (κ3) is 3.63. The molecule has 31 heavy (non-hydrogen) atoms. The fourth-order valence-corrected chi connectivity index (χ4v) is 5.78. The van der Waals surface area contributed by atoms with E-state index in [4.69, 9.17) is 4.74 Å². The van der Waals surface area contributed by atoms with Crippen molar-refractivity contribution in [1.82, 2.24) is 14.0 Å². The number of carbonyl (C=O) groups is 1. The normalized spacial score (nSPS) is 15.3. The van der Waals surface area contributed by atoms with Gasteiger partial charge in [-0.15, -0.1) is 11.3 Å². The number of thiophene rings is 1. The maximum atomic E-state index is 13.9. The van der Waals surface area contributed by atoms with E-state index in [1.807, 2.05) is 12.1 Å². The molecule has 1 saturated heterocycles. The minimum absolute atomic E-state index is 0.135. The van der Waals surface area contributed by atoms with Crippen molar-refractivity contribution in [2.75, 3.05) is 32.8 Å². The molecule has 5 nitrogen and oxygen atoms in total. The molecule has 1 fully saturated rings. The number of aryl methyl sites for hydroxylation is 1. The van der Waals surface area contributed by atoms with E-state index < -0.39 is 0 Å². The Morgan fingerprint density at radius 2 is 1.87 bits per heavy atom. The second-order valence-electron chi connectivity index (χ2n) is 8.27. The largest absolute Gasteiger partial charge is 0.379 e. The van der Waals surface area contributed by atoms with Gasteiger partial charge in [0.15, 0.2) is 0 Å². The highest BCUT2D eigenvalue weighted by molar-refractivity contribution is 7.16. The molecule has 0 aliphatic carbocycles. The number of ether oxygens (including phenoxy) is 1. The standard InChI is InChI=1S/C25H29N3O2S/c1-3-9-28-21-7-5-4-6-19(21)17-22(28)24(29)23-18(2)27(25-20(23)8-16-31-25)11-10-26-12-14-30-15-13-26/h4-8,16-17H,3,9-15H2,1-2H3. The van der Waals surface area contributed by atoms with E-state index in [2.05, 4.69) is 57.5 Å². The van der Waals surface area contributed by atoms with E-state index in [9.17, 15) is 4.79 Å². The number of rotatable bonds is 7. The van der Waals surface area contributed by atoms with Crippen LogP contribution in [0.4, 0.5) is 0 Å². The molecule has 0 spiro atoms. The van der Waals surface area contributed by atoms with Gasteiger partial charge in [0.05, 0.1) is 24.5 Å². The SMILES string of the molecule is CCCn1c(C(=O)c2c(C)n(CCN3CCOCC3)c3sccc23)cc2ccccc21. The lowest BCUT2D eigenvalue weighted by Crippen LogP contribution is -2.38. The van der Waals surface area contributed by atoms with Gasteiger partial charge in [0.1, 0.15) is 4.83 Å². The zero-order valence-corrected chi connectivity index (χ0v) is 19.1. The van der Waals surface area contributed by atoms with Crippen LogP contribution in [-0.2, 0) is 17.8 Å². The van der Waals surface area contributed by atoms with Crippen molar-refractivity contribution < 1.29 is 9.53 Å². The molecule has 162 valence electrons. The topological polar surface area (TPSA) is 39.4 Å². The summed E-state index contributed by atoms with van der Waals surface area (Å²) in [7, 11) is 0. The van der Waals surface area contributed by atoms with Crippen LogP contribution in [0, 0.1) is 6.92 Å². The lowest BCUT2D eigenvalue weighted by Gasteiger charge is -2.26. The number of carbonyl (C=O) groups excluding carboxylic acids is 1. The van der Waals surface area contributed by atoms with Crippen molar-refractivity contribution in [1.29, 1.82) is 0 Å². The van der Waals surface area contributed by atoms with Gasteiger partial charge < -0.3 is 13.9 Å². The average molecular weight is 436 g/mol. The van der Waals surface area contributed by atoms with Crippen LogP contribution in [0.25, 0.3) is 21.1 Å². The Morgan fingerprint density at radius 1 is 1.06 bits per heavy atom. The Labute approximate surface area is 186 Å². The first-order chi connectivity index (χ1) is 15.2. The van der Waals surface area contributed by atoms with Gasteiger partial charge in [0, 0.05) is 54.7 Å². The fourth-order valence-electron chi connectivity index (χ4n) is 4.80. The fraction of sp³-hybridized carbons (Fsp3) is 0.400.